The first-order valence-corrected chi connectivity index (χ1v) is 13.2. The van der Waals surface area contributed by atoms with Gasteiger partial charge >= 0.3 is 0 Å². The van der Waals surface area contributed by atoms with Crippen molar-refractivity contribution in [1.29, 1.82) is 0 Å². The minimum absolute atomic E-state index is 0.0687. The molecule has 0 spiro atoms. The smallest absolute Gasteiger partial charge is 0.257 e. The van der Waals surface area contributed by atoms with Crippen LogP contribution in [-0.2, 0) is 11.2 Å². The molecule has 0 aromatic heterocycles. The number of benzene rings is 3. The van der Waals surface area contributed by atoms with Gasteiger partial charge in [0.2, 0.25) is 0 Å². The number of carbonyl (C=O) groups excluding carboxylic acids is 1. The predicted molar refractivity (Wildman–Crippen MR) is 146 cm³/mol. The highest BCUT2D eigenvalue weighted by molar-refractivity contribution is 6.03. The van der Waals surface area contributed by atoms with Crippen molar-refractivity contribution in [3.8, 4) is 11.5 Å². The van der Waals surface area contributed by atoms with Gasteiger partial charge in [0, 0.05) is 23.6 Å². The Morgan fingerprint density at radius 1 is 0.974 bits per heavy atom. The van der Waals surface area contributed by atoms with E-state index in [9.17, 15) is 9.18 Å². The number of ether oxygens (including phenoxy) is 2. The molecule has 1 saturated heterocycles. The summed E-state index contributed by atoms with van der Waals surface area (Å²) in [6.07, 6.45) is 3.68. The molecule has 0 N–H and O–H groups in total. The van der Waals surface area contributed by atoms with E-state index in [2.05, 4.69) is 29.2 Å². The van der Waals surface area contributed by atoms with Crippen molar-refractivity contribution in [3.05, 3.63) is 95.3 Å². The van der Waals surface area contributed by atoms with Gasteiger partial charge in [0.25, 0.3) is 5.91 Å². The quantitative estimate of drug-likeness (QED) is 0.399. The molecule has 1 atom stereocenters. The second-order valence-electron chi connectivity index (χ2n) is 10.0. The number of amides is 1. The van der Waals surface area contributed by atoms with Gasteiger partial charge < -0.3 is 9.47 Å². The van der Waals surface area contributed by atoms with Crippen molar-refractivity contribution in [3.63, 3.8) is 0 Å². The van der Waals surface area contributed by atoms with E-state index >= 15 is 0 Å². The standard InChI is InChI=1S/C31H34FN3O3/c1-37-26-11-12-27(30(19-26)38-2)29-20-28(24-9-6-10-25(32)18-24)33-35(29)31(36)21-34-15-13-23(14-16-34)17-22-7-4-3-5-8-22/h3-12,18-19,23,29H,13-17,20-21H2,1-2H3. The maximum absolute atomic E-state index is 14.0. The number of halogens is 1. The van der Waals surface area contributed by atoms with Crippen LogP contribution in [0.4, 0.5) is 4.39 Å². The molecule has 3 aromatic rings. The number of hydrogen-bond donors (Lipinski definition) is 0. The summed E-state index contributed by atoms with van der Waals surface area (Å²) in [5, 5.41) is 6.30. The summed E-state index contributed by atoms with van der Waals surface area (Å²) < 4.78 is 25.0. The lowest BCUT2D eigenvalue weighted by Gasteiger charge is -2.33. The number of nitrogens with zero attached hydrogens (tertiary/aromatic N) is 3. The largest absolute Gasteiger partial charge is 0.497 e. The van der Waals surface area contributed by atoms with E-state index in [4.69, 9.17) is 14.6 Å². The molecule has 5 rings (SSSR count). The van der Waals surface area contributed by atoms with Crippen LogP contribution in [0.1, 0.15) is 42.0 Å². The lowest BCUT2D eigenvalue weighted by Crippen LogP contribution is -2.42. The maximum atomic E-state index is 14.0. The molecule has 198 valence electrons. The van der Waals surface area contributed by atoms with Gasteiger partial charge in [-0.1, -0.05) is 42.5 Å². The Kier molecular flexibility index (Phi) is 8.03. The van der Waals surface area contributed by atoms with Crippen LogP contribution in [0.2, 0.25) is 0 Å². The van der Waals surface area contributed by atoms with Crippen molar-refractivity contribution in [2.75, 3.05) is 33.9 Å². The number of hydrogen-bond acceptors (Lipinski definition) is 5. The summed E-state index contributed by atoms with van der Waals surface area (Å²) in [4.78, 5) is 15.9. The molecule has 1 fully saturated rings. The molecule has 2 aliphatic rings. The predicted octanol–water partition coefficient (Wildman–Crippen LogP) is 5.48. The summed E-state index contributed by atoms with van der Waals surface area (Å²) >= 11 is 0. The Morgan fingerprint density at radius 2 is 1.76 bits per heavy atom. The molecule has 0 aliphatic carbocycles. The van der Waals surface area contributed by atoms with E-state index in [1.807, 2.05) is 30.3 Å². The normalized spacial score (nSPS) is 18.3. The van der Waals surface area contributed by atoms with Crippen LogP contribution >= 0.6 is 0 Å². The maximum Gasteiger partial charge on any atom is 0.257 e. The molecule has 2 heterocycles. The number of piperidine rings is 1. The van der Waals surface area contributed by atoms with Gasteiger partial charge in [-0.15, -0.1) is 0 Å². The molecule has 7 heteroatoms. The van der Waals surface area contributed by atoms with Crippen LogP contribution in [0, 0.1) is 11.7 Å². The highest BCUT2D eigenvalue weighted by Gasteiger charge is 2.36. The third-order valence-corrected chi connectivity index (χ3v) is 7.56. The van der Waals surface area contributed by atoms with Crippen molar-refractivity contribution >= 4 is 11.6 Å². The molecule has 38 heavy (non-hydrogen) atoms. The fourth-order valence-electron chi connectivity index (χ4n) is 5.48. The van der Waals surface area contributed by atoms with Gasteiger partial charge in [-0.05, 0) is 68.1 Å². The number of likely N-dealkylation sites (tertiary alicyclic amines) is 1. The molecular weight excluding hydrogens is 481 g/mol. The fraction of sp³-hybridized carbons (Fsp3) is 0.355. The number of rotatable bonds is 8. The number of hydrazone groups is 1. The second kappa shape index (κ2) is 11.8. The lowest BCUT2D eigenvalue weighted by molar-refractivity contribution is -0.134. The van der Waals surface area contributed by atoms with E-state index in [0.717, 1.165) is 37.9 Å². The van der Waals surface area contributed by atoms with E-state index in [-0.39, 0.29) is 17.8 Å². The monoisotopic (exact) mass is 515 g/mol. The Hall–Kier alpha value is -3.71. The molecule has 1 unspecified atom stereocenters. The first-order valence-electron chi connectivity index (χ1n) is 13.2. The van der Waals surface area contributed by atoms with Crippen molar-refractivity contribution < 1.29 is 18.7 Å². The highest BCUT2D eigenvalue weighted by Crippen LogP contribution is 2.39. The fourth-order valence-corrected chi connectivity index (χ4v) is 5.48. The third kappa shape index (κ3) is 5.89. The topological polar surface area (TPSA) is 54.4 Å². The summed E-state index contributed by atoms with van der Waals surface area (Å²) in [5.74, 6) is 1.54. The SMILES string of the molecule is COc1ccc(C2CC(c3cccc(F)c3)=NN2C(=O)CN2CCC(Cc3ccccc3)CC2)c(OC)c1. The van der Waals surface area contributed by atoms with Crippen molar-refractivity contribution in [1.82, 2.24) is 9.91 Å². The van der Waals surface area contributed by atoms with Crippen LogP contribution in [0.5, 0.6) is 11.5 Å². The minimum Gasteiger partial charge on any atom is -0.497 e. The zero-order chi connectivity index (χ0) is 26.5. The van der Waals surface area contributed by atoms with Gasteiger partial charge in [0.15, 0.2) is 0 Å². The van der Waals surface area contributed by atoms with Crippen molar-refractivity contribution in [2.45, 2.75) is 31.7 Å². The molecule has 0 radical (unpaired) electrons. The summed E-state index contributed by atoms with van der Waals surface area (Å²) in [6, 6.07) is 22.2. The molecule has 6 nitrogen and oxygen atoms in total. The Morgan fingerprint density at radius 3 is 2.47 bits per heavy atom. The van der Waals surface area contributed by atoms with Gasteiger partial charge in [0.05, 0.1) is 32.5 Å². The van der Waals surface area contributed by atoms with E-state index in [0.29, 0.717) is 41.7 Å². The second-order valence-corrected chi connectivity index (χ2v) is 10.0. The first kappa shape index (κ1) is 25.9. The summed E-state index contributed by atoms with van der Waals surface area (Å²) in [6.45, 7) is 2.06. The number of carbonyl (C=O) groups is 1. The van der Waals surface area contributed by atoms with Gasteiger partial charge in [0.1, 0.15) is 17.3 Å². The Bertz CT molecular complexity index is 1290. The average Bonchev–Trinajstić information content (AvgIpc) is 3.40. The van der Waals surface area contributed by atoms with E-state index in [1.165, 1.54) is 17.7 Å². The summed E-state index contributed by atoms with van der Waals surface area (Å²) in [5.41, 5.74) is 3.58. The number of methoxy groups -OCH3 is 2. The van der Waals surface area contributed by atoms with Crippen LogP contribution < -0.4 is 9.47 Å². The first-order chi connectivity index (χ1) is 18.5. The molecule has 2 aliphatic heterocycles. The van der Waals surface area contributed by atoms with Crippen LogP contribution in [0.3, 0.4) is 0 Å². The Labute approximate surface area is 223 Å². The lowest BCUT2D eigenvalue weighted by atomic mass is 9.90. The Balaban J connectivity index is 1.32. The summed E-state index contributed by atoms with van der Waals surface area (Å²) in [7, 11) is 3.21. The molecular formula is C31H34FN3O3. The van der Waals surface area contributed by atoms with Crippen LogP contribution in [0.25, 0.3) is 0 Å². The van der Waals surface area contributed by atoms with Gasteiger partial charge in [-0.2, -0.15) is 5.10 Å². The zero-order valence-electron chi connectivity index (χ0n) is 22.0. The van der Waals surface area contributed by atoms with Gasteiger partial charge in [-0.25, -0.2) is 9.40 Å². The van der Waals surface area contributed by atoms with E-state index < -0.39 is 0 Å². The molecule has 0 bridgehead atoms. The zero-order valence-corrected chi connectivity index (χ0v) is 22.0. The minimum atomic E-state index is -0.350. The molecule has 1 amide bonds. The van der Waals surface area contributed by atoms with Crippen LogP contribution in [-0.4, -0.2) is 55.4 Å². The average molecular weight is 516 g/mol. The van der Waals surface area contributed by atoms with Crippen LogP contribution in [0.15, 0.2) is 77.9 Å². The molecule has 3 aromatic carbocycles. The van der Waals surface area contributed by atoms with Gasteiger partial charge in [-0.3, -0.25) is 9.69 Å². The third-order valence-electron chi connectivity index (χ3n) is 7.56. The molecule has 0 saturated carbocycles. The highest BCUT2D eigenvalue weighted by atomic mass is 19.1. The van der Waals surface area contributed by atoms with E-state index in [1.54, 1.807) is 25.3 Å². The van der Waals surface area contributed by atoms with Crippen molar-refractivity contribution in [2.24, 2.45) is 11.0 Å².